The van der Waals surface area contributed by atoms with Crippen LogP contribution in [0.15, 0.2) is 0 Å². The van der Waals surface area contributed by atoms with E-state index in [1.807, 2.05) is 11.8 Å². The first-order valence-electron chi connectivity index (χ1n) is 6.53. The highest BCUT2D eigenvalue weighted by molar-refractivity contribution is 8.01. The monoisotopic (exact) mass is 276 g/mol. The third-order valence-corrected chi connectivity index (χ3v) is 7.23. The summed E-state index contributed by atoms with van der Waals surface area (Å²) in [5.74, 6) is 3.18. The topological polar surface area (TPSA) is 54.4 Å². The molecule has 0 unspecified atom stereocenters. The van der Waals surface area contributed by atoms with Crippen molar-refractivity contribution in [3.8, 4) is 0 Å². The second-order valence-electron chi connectivity index (χ2n) is 6.24. The summed E-state index contributed by atoms with van der Waals surface area (Å²) in [5, 5.41) is 0. The molecule has 4 aliphatic carbocycles. The van der Waals surface area contributed by atoms with Gasteiger partial charge in [0, 0.05) is 10.5 Å². The second kappa shape index (κ2) is 4.14. The van der Waals surface area contributed by atoms with Crippen LogP contribution < -0.4 is 0 Å². The molecule has 0 aromatic heterocycles. The zero-order valence-corrected chi connectivity index (χ0v) is 11.6. The smallest absolute Gasteiger partial charge is 0.265 e. The molecule has 0 spiro atoms. The highest BCUT2D eigenvalue weighted by Crippen LogP contribution is 2.60. The van der Waals surface area contributed by atoms with Crippen molar-refractivity contribution < 1.29 is 13.0 Å². The van der Waals surface area contributed by atoms with Crippen molar-refractivity contribution in [2.75, 3.05) is 11.5 Å². The van der Waals surface area contributed by atoms with Crippen molar-refractivity contribution in [2.45, 2.75) is 43.3 Å². The van der Waals surface area contributed by atoms with Gasteiger partial charge < -0.3 is 0 Å². The van der Waals surface area contributed by atoms with E-state index in [2.05, 4.69) is 0 Å². The Hall–Kier alpha value is 0.260. The molecule has 98 valence electrons. The van der Waals surface area contributed by atoms with Crippen LogP contribution in [0, 0.1) is 17.8 Å². The van der Waals surface area contributed by atoms with Gasteiger partial charge in [0.05, 0.1) is 5.75 Å². The minimum atomic E-state index is -3.78. The maximum Gasteiger partial charge on any atom is 0.265 e. The fourth-order valence-corrected chi connectivity index (χ4v) is 7.24. The molecule has 4 bridgehead atoms. The lowest BCUT2D eigenvalue weighted by Gasteiger charge is -2.56. The molecule has 4 saturated carbocycles. The third kappa shape index (κ3) is 2.66. The summed E-state index contributed by atoms with van der Waals surface area (Å²) in [6, 6.07) is 0. The molecule has 4 fully saturated rings. The Bertz CT molecular complexity index is 367. The molecule has 4 rings (SSSR count). The molecule has 0 atom stereocenters. The number of rotatable bonds is 4. The summed E-state index contributed by atoms with van der Waals surface area (Å²) in [7, 11) is -3.78. The van der Waals surface area contributed by atoms with Crippen molar-refractivity contribution in [1.29, 1.82) is 0 Å². The largest absolute Gasteiger partial charge is 0.286 e. The van der Waals surface area contributed by atoms with E-state index in [4.69, 9.17) is 4.55 Å². The fraction of sp³-hybridized carbons (Fsp3) is 1.00. The van der Waals surface area contributed by atoms with Gasteiger partial charge in [-0.25, -0.2) is 0 Å². The molecule has 3 nitrogen and oxygen atoms in total. The average molecular weight is 276 g/mol. The van der Waals surface area contributed by atoms with E-state index in [9.17, 15) is 8.42 Å². The standard InChI is InChI=1S/C12H20O3S2/c13-17(14,15)2-1-16-12-6-9-3-10(7-12)5-11(4-9)8-12/h9-11H,1-8H2,(H,13,14,15). The van der Waals surface area contributed by atoms with Crippen LogP contribution in [0.1, 0.15) is 38.5 Å². The Morgan fingerprint density at radius 2 is 1.53 bits per heavy atom. The molecule has 0 amide bonds. The molecular formula is C12H20O3S2. The Morgan fingerprint density at radius 1 is 1.06 bits per heavy atom. The van der Waals surface area contributed by atoms with Crippen molar-refractivity contribution in [3.63, 3.8) is 0 Å². The summed E-state index contributed by atoms with van der Waals surface area (Å²) in [6.07, 6.45) is 8.10. The Balaban J connectivity index is 1.62. The molecule has 0 aliphatic heterocycles. The normalized spacial score (nSPS) is 44.2. The first kappa shape index (κ1) is 12.3. The van der Waals surface area contributed by atoms with Crippen molar-refractivity contribution in [2.24, 2.45) is 17.8 Å². The minimum Gasteiger partial charge on any atom is -0.286 e. The van der Waals surface area contributed by atoms with Gasteiger partial charge >= 0.3 is 0 Å². The summed E-state index contributed by atoms with van der Waals surface area (Å²) in [4.78, 5) is 0. The molecule has 4 aliphatic rings. The van der Waals surface area contributed by atoms with Gasteiger partial charge in [0.1, 0.15) is 0 Å². The first-order valence-corrected chi connectivity index (χ1v) is 9.13. The van der Waals surface area contributed by atoms with Crippen LogP contribution in [0.4, 0.5) is 0 Å². The molecule has 0 aromatic rings. The Labute approximate surface area is 107 Å². The number of hydrogen-bond acceptors (Lipinski definition) is 3. The summed E-state index contributed by atoms with van der Waals surface area (Å²) < 4.78 is 30.7. The van der Waals surface area contributed by atoms with Crippen LogP contribution in [0.2, 0.25) is 0 Å². The zero-order valence-electron chi connectivity index (χ0n) is 9.97. The van der Waals surface area contributed by atoms with E-state index < -0.39 is 10.1 Å². The predicted octanol–water partition coefficient (Wildman–Crippen LogP) is 2.58. The van der Waals surface area contributed by atoms with Crippen molar-refractivity contribution in [3.05, 3.63) is 0 Å². The third-order valence-electron chi connectivity index (χ3n) is 4.73. The van der Waals surface area contributed by atoms with Crippen molar-refractivity contribution in [1.82, 2.24) is 0 Å². The van der Waals surface area contributed by atoms with Crippen LogP contribution in [0.3, 0.4) is 0 Å². The molecule has 5 heteroatoms. The molecule has 1 N–H and O–H groups in total. The van der Waals surface area contributed by atoms with Crippen LogP contribution in [-0.2, 0) is 10.1 Å². The summed E-state index contributed by atoms with van der Waals surface area (Å²) >= 11 is 1.82. The van der Waals surface area contributed by atoms with Crippen molar-refractivity contribution >= 4 is 21.9 Å². The SMILES string of the molecule is O=S(=O)(O)CCSC12CC3CC(CC(C3)C1)C2. The quantitative estimate of drug-likeness (QED) is 0.802. The molecule has 17 heavy (non-hydrogen) atoms. The Morgan fingerprint density at radius 3 is 1.94 bits per heavy atom. The van der Waals surface area contributed by atoms with E-state index >= 15 is 0 Å². The number of thioether (sulfide) groups is 1. The second-order valence-corrected chi connectivity index (χ2v) is 9.37. The lowest BCUT2D eigenvalue weighted by atomic mass is 9.56. The highest BCUT2D eigenvalue weighted by atomic mass is 32.2. The summed E-state index contributed by atoms with van der Waals surface area (Å²) in [5.41, 5.74) is 0. The van der Waals surface area contributed by atoms with Crippen LogP contribution in [0.25, 0.3) is 0 Å². The van der Waals surface area contributed by atoms with Crippen LogP contribution >= 0.6 is 11.8 Å². The minimum absolute atomic E-state index is 0.0839. The summed E-state index contributed by atoms with van der Waals surface area (Å²) in [6.45, 7) is 0. The number of hydrogen-bond donors (Lipinski definition) is 1. The highest BCUT2D eigenvalue weighted by Gasteiger charge is 2.50. The van der Waals surface area contributed by atoms with Gasteiger partial charge in [-0.1, -0.05) is 0 Å². The lowest BCUT2D eigenvalue weighted by molar-refractivity contribution is 0.0384. The predicted molar refractivity (Wildman–Crippen MR) is 69.8 cm³/mol. The van der Waals surface area contributed by atoms with Crippen LogP contribution in [0.5, 0.6) is 0 Å². The Kier molecular flexibility index (Phi) is 2.99. The van der Waals surface area contributed by atoms with E-state index in [0.29, 0.717) is 10.5 Å². The van der Waals surface area contributed by atoms with E-state index in [1.54, 1.807) is 0 Å². The van der Waals surface area contributed by atoms with E-state index in [-0.39, 0.29) is 5.75 Å². The molecule has 0 aromatic carbocycles. The van der Waals surface area contributed by atoms with Gasteiger partial charge in [-0.3, -0.25) is 4.55 Å². The lowest BCUT2D eigenvalue weighted by Crippen LogP contribution is -2.48. The van der Waals surface area contributed by atoms with E-state index in [0.717, 1.165) is 17.8 Å². The van der Waals surface area contributed by atoms with E-state index in [1.165, 1.54) is 38.5 Å². The molecule has 0 saturated heterocycles. The van der Waals surface area contributed by atoms with Gasteiger partial charge in [0.15, 0.2) is 0 Å². The van der Waals surface area contributed by atoms with Crippen LogP contribution in [-0.4, -0.2) is 29.2 Å². The average Bonchev–Trinajstić information content (AvgIpc) is 2.11. The maximum absolute atomic E-state index is 10.8. The molecular weight excluding hydrogens is 256 g/mol. The molecule has 0 radical (unpaired) electrons. The maximum atomic E-state index is 10.8. The van der Waals surface area contributed by atoms with Gasteiger partial charge in [0.2, 0.25) is 0 Å². The first-order chi connectivity index (χ1) is 7.94. The molecule has 0 heterocycles. The van der Waals surface area contributed by atoms with Gasteiger partial charge in [-0.05, 0) is 56.3 Å². The zero-order chi connectivity index (χ0) is 12.1. The van der Waals surface area contributed by atoms with Gasteiger partial charge in [-0.15, -0.1) is 0 Å². The van der Waals surface area contributed by atoms with Gasteiger partial charge in [0.25, 0.3) is 10.1 Å². The fourth-order valence-electron chi connectivity index (χ4n) is 4.57. The van der Waals surface area contributed by atoms with Gasteiger partial charge in [-0.2, -0.15) is 20.2 Å².